The lowest BCUT2D eigenvalue weighted by Crippen LogP contribution is -2.17. The standard InChI is InChI=1S/C31H23N5OS2/c37-31(24-15-13-22(14-16-24)21-39-27-11-4-7-23-8-5-17-32-29(23)27)34-33-19-25-20-36(26-9-2-1-3-10-26)35-30(25)28-12-6-18-38-28/h1-20H,21H2,(H,34,37)/b33-19-. The van der Waals surface area contributed by atoms with E-state index in [2.05, 4.69) is 39.8 Å². The Kier molecular flexibility index (Phi) is 7.29. The average Bonchev–Trinajstić information content (AvgIpc) is 3.67. The van der Waals surface area contributed by atoms with E-state index in [1.165, 1.54) is 0 Å². The largest absolute Gasteiger partial charge is 0.271 e. The highest BCUT2D eigenvalue weighted by molar-refractivity contribution is 7.98. The zero-order valence-electron chi connectivity index (χ0n) is 20.8. The van der Waals surface area contributed by atoms with Crippen LogP contribution < -0.4 is 5.43 Å². The zero-order valence-corrected chi connectivity index (χ0v) is 22.4. The van der Waals surface area contributed by atoms with E-state index in [0.717, 1.165) is 48.9 Å². The first kappa shape index (κ1) is 24.8. The van der Waals surface area contributed by atoms with Gasteiger partial charge in [0.05, 0.1) is 22.3 Å². The van der Waals surface area contributed by atoms with Crippen LogP contribution in [0.2, 0.25) is 0 Å². The van der Waals surface area contributed by atoms with Gasteiger partial charge >= 0.3 is 0 Å². The second-order valence-electron chi connectivity index (χ2n) is 8.71. The van der Waals surface area contributed by atoms with Gasteiger partial charge in [0.1, 0.15) is 5.69 Å². The van der Waals surface area contributed by atoms with E-state index in [0.29, 0.717) is 5.56 Å². The number of thiophene rings is 1. The molecule has 1 amide bonds. The second-order valence-corrected chi connectivity index (χ2v) is 10.7. The number of hydrogen-bond acceptors (Lipinski definition) is 6. The lowest BCUT2D eigenvalue weighted by molar-refractivity contribution is 0.0955. The number of hydrogen-bond donors (Lipinski definition) is 1. The van der Waals surface area contributed by atoms with Crippen molar-refractivity contribution in [3.63, 3.8) is 0 Å². The number of nitrogens with zero attached hydrogens (tertiary/aromatic N) is 4. The molecular formula is C31H23N5OS2. The molecule has 0 bridgehead atoms. The molecule has 8 heteroatoms. The fraction of sp³-hybridized carbons (Fsp3) is 0.0323. The Morgan fingerprint density at radius 3 is 2.62 bits per heavy atom. The van der Waals surface area contributed by atoms with Crippen LogP contribution in [0.5, 0.6) is 0 Å². The first-order chi connectivity index (χ1) is 19.2. The Morgan fingerprint density at radius 2 is 1.79 bits per heavy atom. The van der Waals surface area contributed by atoms with Crippen LogP contribution in [-0.4, -0.2) is 26.9 Å². The van der Waals surface area contributed by atoms with Crippen molar-refractivity contribution in [1.29, 1.82) is 0 Å². The smallest absolute Gasteiger partial charge is 0.267 e. The highest BCUT2D eigenvalue weighted by Crippen LogP contribution is 2.29. The fourth-order valence-corrected chi connectivity index (χ4v) is 5.86. The van der Waals surface area contributed by atoms with Gasteiger partial charge in [0.2, 0.25) is 0 Å². The van der Waals surface area contributed by atoms with Crippen molar-refractivity contribution >= 4 is 46.1 Å². The van der Waals surface area contributed by atoms with Crippen molar-refractivity contribution in [2.45, 2.75) is 10.6 Å². The molecule has 0 fully saturated rings. The van der Waals surface area contributed by atoms with E-state index in [1.807, 2.05) is 95.3 Å². The van der Waals surface area contributed by atoms with E-state index < -0.39 is 0 Å². The number of nitrogens with one attached hydrogen (secondary N) is 1. The highest BCUT2D eigenvalue weighted by atomic mass is 32.2. The van der Waals surface area contributed by atoms with Crippen molar-refractivity contribution in [1.82, 2.24) is 20.2 Å². The van der Waals surface area contributed by atoms with Gasteiger partial charge in [0.15, 0.2) is 0 Å². The summed E-state index contributed by atoms with van der Waals surface area (Å²) in [4.78, 5) is 19.5. The molecule has 0 saturated carbocycles. The molecule has 3 heterocycles. The minimum Gasteiger partial charge on any atom is -0.267 e. The van der Waals surface area contributed by atoms with Crippen molar-refractivity contribution in [2.24, 2.45) is 5.10 Å². The number of hydrazone groups is 1. The molecule has 0 saturated heterocycles. The third-order valence-electron chi connectivity index (χ3n) is 6.09. The summed E-state index contributed by atoms with van der Waals surface area (Å²) in [5.74, 6) is 0.518. The van der Waals surface area contributed by atoms with Crippen molar-refractivity contribution < 1.29 is 4.79 Å². The van der Waals surface area contributed by atoms with Crippen LogP contribution in [0.25, 0.3) is 27.2 Å². The summed E-state index contributed by atoms with van der Waals surface area (Å²) >= 11 is 3.35. The van der Waals surface area contributed by atoms with E-state index in [9.17, 15) is 4.79 Å². The molecule has 3 aromatic carbocycles. The molecule has 6 rings (SSSR count). The van der Waals surface area contributed by atoms with Crippen LogP contribution in [0.15, 0.2) is 125 Å². The summed E-state index contributed by atoms with van der Waals surface area (Å²) < 4.78 is 1.82. The molecule has 0 radical (unpaired) electrons. The van der Waals surface area contributed by atoms with Gasteiger partial charge in [-0.15, -0.1) is 23.1 Å². The molecule has 6 aromatic rings. The first-order valence-electron chi connectivity index (χ1n) is 12.3. The van der Waals surface area contributed by atoms with Gasteiger partial charge in [-0.3, -0.25) is 9.78 Å². The summed E-state index contributed by atoms with van der Waals surface area (Å²) in [5.41, 5.74) is 7.92. The van der Waals surface area contributed by atoms with Gasteiger partial charge in [-0.05, 0) is 53.4 Å². The van der Waals surface area contributed by atoms with Gasteiger partial charge in [-0.2, -0.15) is 10.2 Å². The average molecular weight is 546 g/mol. The summed E-state index contributed by atoms with van der Waals surface area (Å²) in [6.07, 6.45) is 5.38. The fourth-order valence-electron chi connectivity index (χ4n) is 4.13. The maximum atomic E-state index is 12.8. The number of pyridine rings is 1. The van der Waals surface area contributed by atoms with Crippen LogP contribution in [0, 0.1) is 0 Å². The predicted octanol–water partition coefficient (Wildman–Crippen LogP) is 7.21. The predicted molar refractivity (Wildman–Crippen MR) is 160 cm³/mol. The van der Waals surface area contributed by atoms with Crippen LogP contribution >= 0.6 is 23.1 Å². The molecule has 39 heavy (non-hydrogen) atoms. The Bertz CT molecular complexity index is 1740. The Balaban J connectivity index is 1.12. The van der Waals surface area contributed by atoms with Gasteiger partial charge in [-0.25, -0.2) is 10.1 Å². The minimum atomic E-state index is -0.267. The number of fused-ring (bicyclic) bond motifs is 1. The number of para-hydroxylation sites is 2. The quantitative estimate of drug-likeness (QED) is 0.125. The molecule has 0 atom stereocenters. The van der Waals surface area contributed by atoms with E-state index in [-0.39, 0.29) is 5.91 Å². The van der Waals surface area contributed by atoms with Gasteiger partial charge in [0, 0.05) is 39.6 Å². The maximum absolute atomic E-state index is 12.8. The number of carbonyl (C=O) groups is 1. The molecule has 1 N–H and O–H groups in total. The maximum Gasteiger partial charge on any atom is 0.271 e. The number of rotatable bonds is 8. The summed E-state index contributed by atoms with van der Waals surface area (Å²) in [7, 11) is 0. The van der Waals surface area contributed by atoms with E-state index >= 15 is 0 Å². The van der Waals surface area contributed by atoms with E-state index in [1.54, 1.807) is 29.3 Å². The number of benzene rings is 3. The topological polar surface area (TPSA) is 72.2 Å². The SMILES string of the molecule is O=C(N/N=C\c1cn(-c2ccccc2)nc1-c1cccs1)c1ccc(CSc2cccc3cccnc23)cc1. The molecule has 6 nitrogen and oxygen atoms in total. The molecule has 0 aliphatic heterocycles. The monoisotopic (exact) mass is 545 g/mol. The number of aromatic nitrogens is 3. The zero-order chi connectivity index (χ0) is 26.4. The first-order valence-corrected chi connectivity index (χ1v) is 14.2. The summed E-state index contributed by atoms with van der Waals surface area (Å²) in [6, 6.07) is 31.8. The Morgan fingerprint density at radius 1 is 0.949 bits per heavy atom. The summed E-state index contributed by atoms with van der Waals surface area (Å²) in [5, 5.41) is 12.1. The van der Waals surface area contributed by atoms with Crippen molar-refractivity contribution in [2.75, 3.05) is 0 Å². The Labute approximate surface area is 234 Å². The second kappa shape index (κ2) is 11.5. The molecule has 0 spiro atoms. The van der Waals surface area contributed by atoms with Crippen molar-refractivity contribution in [3.05, 3.63) is 132 Å². The highest BCUT2D eigenvalue weighted by Gasteiger charge is 2.12. The van der Waals surface area contributed by atoms with E-state index in [4.69, 9.17) is 5.10 Å². The third kappa shape index (κ3) is 5.67. The molecule has 3 aromatic heterocycles. The summed E-state index contributed by atoms with van der Waals surface area (Å²) in [6.45, 7) is 0. The third-order valence-corrected chi connectivity index (χ3v) is 8.09. The minimum absolute atomic E-state index is 0.267. The molecular weight excluding hydrogens is 523 g/mol. The number of thioether (sulfide) groups is 1. The van der Waals surface area contributed by atoms with Crippen molar-refractivity contribution in [3.8, 4) is 16.3 Å². The molecule has 190 valence electrons. The van der Waals surface area contributed by atoms with Crippen LogP contribution in [0.3, 0.4) is 0 Å². The van der Waals surface area contributed by atoms with Crippen LogP contribution in [0.4, 0.5) is 0 Å². The van der Waals surface area contributed by atoms with Gasteiger partial charge in [-0.1, -0.05) is 54.6 Å². The molecule has 0 unspecified atom stereocenters. The lowest BCUT2D eigenvalue weighted by atomic mass is 10.1. The normalized spacial score (nSPS) is 11.3. The van der Waals surface area contributed by atoms with Crippen LogP contribution in [-0.2, 0) is 5.75 Å². The molecule has 0 aliphatic rings. The van der Waals surface area contributed by atoms with Crippen LogP contribution in [0.1, 0.15) is 21.5 Å². The number of amides is 1. The van der Waals surface area contributed by atoms with Gasteiger partial charge < -0.3 is 0 Å². The Hall–Kier alpha value is -4.53. The number of carbonyl (C=O) groups excluding carboxylic acids is 1. The van der Waals surface area contributed by atoms with Gasteiger partial charge in [0.25, 0.3) is 5.91 Å². The lowest BCUT2D eigenvalue weighted by Gasteiger charge is -2.06. The molecule has 0 aliphatic carbocycles.